The molecule has 1 aliphatic heterocycles. The van der Waals surface area contributed by atoms with Gasteiger partial charge in [-0.1, -0.05) is 0 Å². The van der Waals surface area contributed by atoms with Gasteiger partial charge in [-0.25, -0.2) is 22.9 Å². The van der Waals surface area contributed by atoms with Crippen LogP contribution in [-0.4, -0.2) is 57.1 Å². The summed E-state index contributed by atoms with van der Waals surface area (Å²) in [5.74, 6) is 0.0265. The smallest absolute Gasteiger partial charge is 0.492 e. The number of primary sulfonamides is 1. The summed E-state index contributed by atoms with van der Waals surface area (Å²) in [4.78, 5) is 6.16. The third-order valence-corrected chi connectivity index (χ3v) is 7.26. The van der Waals surface area contributed by atoms with Crippen molar-refractivity contribution >= 4 is 32.2 Å². The van der Waals surface area contributed by atoms with E-state index in [1.807, 2.05) is 0 Å². The molecule has 2 aromatic carbocycles. The molecule has 3 aromatic rings. The highest BCUT2D eigenvalue weighted by molar-refractivity contribution is 7.89. The highest BCUT2D eigenvalue weighted by Crippen LogP contribution is 2.36. The molecule has 1 fully saturated rings. The van der Waals surface area contributed by atoms with E-state index >= 15 is 0 Å². The molecule has 4 rings (SSSR count). The van der Waals surface area contributed by atoms with Gasteiger partial charge in [0.05, 0.1) is 16.3 Å². The quantitative estimate of drug-likeness (QED) is 0.358. The summed E-state index contributed by atoms with van der Waals surface area (Å²) >= 11 is 1.11. The van der Waals surface area contributed by atoms with Crippen molar-refractivity contribution in [2.45, 2.75) is 30.3 Å². The maximum Gasteiger partial charge on any atom is 0.573 e. The number of hydrogen-bond acceptors (Lipinski definition) is 8. The maximum absolute atomic E-state index is 13.2. The van der Waals surface area contributed by atoms with Gasteiger partial charge in [-0.15, -0.1) is 24.5 Å². The first-order valence-corrected chi connectivity index (χ1v) is 13.6. The number of benzene rings is 2. The van der Waals surface area contributed by atoms with E-state index in [9.17, 15) is 26.0 Å². The Kier molecular flexibility index (Phi) is 8.21. The molecule has 200 valence electrons. The minimum absolute atomic E-state index is 0.214. The molecule has 1 saturated heterocycles. The third kappa shape index (κ3) is 7.77. The Morgan fingerprint density at radius 2 is 1.84 bits per heavy atom. The Bertz CT molecular complexity index is 1310. The van der Waals surface area contributed by atoms with Crippen molar-refractivity contribution < 1.29 is 35.5 Å². The van der Waals surface area contributed by atoms with Crippen LogP contribution in [0.15, 0.2) is 52.7 Å². The van der Waals surface area contributed by atoms with Crippen molar-refractivity contribution in [1.82, 2.24) is 9.88 Å². The second-order valence-corrected chi connectivity index (χ2v) is 10.7. The van der Waals surface area contributed by atoms with E-state index < -0.39 is 28.3 Å². The SMILES string of the molecule is NS(=O)(=O)c1ccc(OC(F)(F)F)c(Nc2nc(-c3ccc(OCCN4CCC(F)CC4)cc3)cs2)c1. The van der Waals surface area contributed by atoms with E-state index in [1.54, 1.807) is 29.6 Å². The molecular weight excluding hydrogens is 536 g/mol. The number of sulfonamides is 1. The minimum Gasteiger partial charge on any atom is -0.492 e. The molecule has 0 aliphatic carbocycles. The van der Waals surface area contributed by atoms with Crippen molar-refractivity contribution in [3.05, 3.63) is 47.8 Å². The zero-order valence-corrected chi connectivity index (χ0v) is 21.0. The summed E-state index contributed by atoms with van der Waals surface area (Å²) in [6, 6.07) is 9.88. The van der Waals surface area contributed by atoms with Crippen LogP contribution in [-0.2, 0) is 10.0 Å². The molecule has 0 spiro atoms. The summed E-state index contributed by atoms with van der Waals surface area (Å²) in [6.07, 6.45) is -4.60. The molecule has 3 N–H and O–H groups in total. The van der Waals surface area contributed by atoms with Crippen LogP contribution in [0.4, 0.5) is 28.4 Å². The largest absolute Gasteiger partial charge is 0.573 e. The monoisotopic (exact) mass is 560 g/mol. The number of nitrogens with one attached hydrogen (secondary N) is 1. The average molecular weight is 561 g/mol. The van der Waals surface area contributed by atoms with Crippen molar-refractivity contribution in [3.8, 4) is 22.8 Å². The number of nitrogens with two attached hydrogens (primary N) is 1. The second kappa shape index (κ2) is 11.2. The molecule has 8 nitrogen and oxygen atoms in total. The fourth-order valence-corrected chi connectivity index (χ4v) is 4.99. The van der Waals surface area contributed by atoms with E-state index in [2.05, 4.69) is 19.9 Å². The van der Waals surface area contributed by atoms with E-state index in [-0.39, 0.29) is 15.7 Å². The Hall–Kier alpha value is -2.94. The van der Waals surface area contributed by atoms with Crippen molar-refractivity contribution in [2.75, 3.05) is 31.6 Å². The zero-order chi connectivity index (χ0) is 26.6. The van der Waals surface area contributed by atoms with Gasteiger partial charge in [0, 0.05) is 30.6 Å². The fourth-order valence-electron chi connectivity index (χ4n) is 3.72. The first-order chi connectivity index (χ1) is 17.5. The van der Waals surface area contributed by atoms with Gasteiger partial charge in [0.2, 0.25) is 10.0 Å². The van der Waals surface area contributed by atoms with Crippen LogP contribution in [0.25, 0.3) is 11.3 Å². The van der Waals surface area contributed by atoms with Crippen LogP contribution >= 0.6 is 11.3 Å². The predicted molar refractivity (Wildman–Crippen MR) is 131 cm³/mol. The Morgan fingerprint density at radius 3 is 2.49 bits per heavy atom. The van der Waals surface area contributed by atoms with Crippen LogP contribution in [0.5, 0.6) is 11.5 Å². The topological polar surface area (TPSA) is 107 Å². The molecule has 0 atom stereocenters. The zero-order valence-electron chi connectivity index (χ0n) is 19.4. The number of rotatable bonds is 9. The molecule has 0 amide bonds. The lowest BCUT2D eigenvalue weighted by Crippen LogP contribution is -2.37. The van der Waals surface area contributed by atoms with Gasteiger partial charge in [0.15, 0.2) is 10.9 Å². The van der Waals surface area contributed by atoms with Crippen molar-refractivity contribution in [2.24, 2.45) is 5.14 Å². The predicted octanol–water partition coefficient (Wildman–Crippen LogP) is 4.91. The van der Waals surface area contributed by atoms with E-state index in [4.69, 9.17) is 9.88 Å². The molecule has 0 bridgehead atoms. The van der Waals surface area contributed by atoms with Gasteiger partial charge in [-0.05, 0) is 55.3 Å². The van der Waals surface area contributed by atoms with Gasteiger partial charge in [0.1, 0.15) is 18.5 Å². The highest BCUT2D eigenvalue weighted by atomic mass is 32.2. The number of hydrogen-bond donors (Lipinski definition) is 2. The molecule has 0 unspecified atom stereocenters. The number of piperidine rings is 1. The lowest BCUT2D eigenvalue weighted by Gasteiger charge is -2.28. The summed E-state index contributed by atoms with van der Waals surface area (Å²) in [6.45, 7) is 2.63. The lowest BCUT2D eigenvalue weighted by atomic mass is 10.1. The van der Waals surface area contributed by atoms with E-state index in [0.29, 0.717) is 37.4 Å². The summed E-state index contributed by atoms with van der Waals surface area (Å²) in [5, 5.41) is 9.69. The second-order valence-electron chi connectivity index (χ2n) is 8.30. The summed E-state index contributed by atoms with van der Waals surface area (Å²) in [5.41, 5.74) is 1.03. The Labute approximate surface area is 215 Å². The van der Waals surface area contributed by atoms with E-state index in [1.165, 1.54) is 0 Å². The van der Waals surface area contributed by atoms with E-state index in [0.717, 1.165) is 48.2 Å². The molecule has 0 radical (unpaired) electrons. The number of anilines is 2. The van der Waals surface area contributed by atoms with Crippen LogP contribution < -0.4 is 19.9 Å². The van der Waals surface area contributed by atoms with Gasteiger partial charge < -0.3 is 14.8 Å². The number of thiazole rings is 1. The fraction of sp³-hybridized carbons (Fsp3) is 0.348. The molecule has 1 aliphatic rings. The number of nitrogens with zero attached hydrogens (tertiary/aromatic N) is 2. The number of ether oxygens (including phenoxy) is 2. The van der Waals surface area contributed by atoms with Crippen LogP contribution in [0.2, 0.25) is 0 Å². The third-order valence-electron chi connectivity index (χ3n) is 5.59. The number of likely N-dealkylation sites (tertiary alicyclic amines) is 1. The maximum atomic E-state index is 13.2. The molecule has 14 heteroatoms. The molecule has 37 heavy (non-hydrogen) atoms. The van der Waals surface area contributed by atoms with Crippen LogP contribution in [0, 0.1) is 0 Å². The van der Waals surface area contributed by atoms with Gasteiger partial charge in [-0.2, -0.15) is 0 Å². The molecule has 2 heterocycles. The molecule has 0 saturated carbocycles. The highest BCUT2D eigenvalue weighted by Gasteiger charge is 2.32. The van der Waals surface area contributed by atoms with Crippen molar-refractivity contribution in [1.29, 1.82) is 0 Å². The van der Waals surface area contributed by atoms with Crippen LogP contribution in [0.3, 0.4) is 0 Å². The molecular formula is C23H24F4N4O4S2. The number of aromatic nitrogens is 1. The summed E-state index contributed by atoms with van der Waals surface area (Å²) < 4.78 is 84.7. The normalized spacial score (nSPS) is 15.5. The average Bonchev–Trinajstić information content (AvgIpc) is 3.29. The number of halogens is 4. The Morgan fingerprint density at radius 1 is 1.14 bits per heavy atom. The standard InChI is InChI=1S/C23H24F4N4O4S2/c24-16-7-9-31(10-8-16)11-12-34-17-3-1-15(2-4-17)20-14-36-22(30-20)29-19-13-18(37(28,32)33)5-6-21(19)35-23(25,26)27/h1-6,13-14,16H,7-12H2,(H,29,30)(H2,28,32,33). The minimum atomic E-state index is -4.98. The lowest BCUT2D eigenvalue weighted by molar-refractivity contribution is -0.274. The molecule has 1 aromatic heterocycles. The summed E-state index contributed by atoms with van der Waals surface area (Å²) in [7, 11) is -4.16. The van der Waals surface area contributed by atoms with Crippen molar-refractivity contribution in [3.63, 3.8) is 0 Å². The first kappa shape index (κ1) is 27.1. The number of alkyl halides is 4. The van der Waals surface area contributed by atoms with Gasteiger partial charge in [0.25, 0.3) is 0 Å². The van der Waals surface area contributed by atoms with Crippen LogP contribution in [0.1, 0.15) is 12.8 Å². The van der Waals surface area contributed by atoms with Gasteiger partial charge >= 0.3 is 6.36 Å². The van der Waals surface area contributed by atoms with Gasteiger partial charge in [-0.3, -0.25) is 4.90 Å². The first-order valence-electron chi connectivity index (χ1n) is 11.2. The Balaban J connectivity index is 1.41.